The van der Waals surface area contributed by atoms with E-state index in [1.165, 1.54) is 17.0 Å². The van der Waals surface area contributed by atoms with Crippen LogP contribution in [0.4, 0.5) is 5.69 Å². The number of carbonyl (C=O) groups is 2. The minimum absolute atomic E-state index is 0.0533. The van der Waals surface area contributed by atoms with Gasteiger partial charge in [-0.25, -0.2) is 8.42 Å². The fourth-order valence-electron chi connectivity index (χ4n) is 4.28. The smallest absolute Gasteiger partial charge is 0.264 e. The number of rotatable bonds is 13. The first-order valence-electron chi connectivity index (χ1n) is 13.1. The lowest BCUT2D eigenvalue weighted by atomic mass is 10.1. The van der Waals surface area contributed by atoms with Crippen LogP contribution in [0.1, 0.15) is 38.3 Å². The van der Waals surface area contributed by atoms with Crippen molar-refractivity contribution in [2.24, 2.45) is 0 Å². The Bertz CT molecular complexity index is 1340. The molecule has 3 aromatic carbocycles. The highest BCUT2D eigenvalue weighted by molar-refractivity contribution is 7.92. The molecule has 0 fully saturated rings. The van der Waals surface area contributed by atoms with E-state index in [0.29, 0.717) is 25.3 Å². The van der Waals surface area contributed by atoms with Gasteiger partial charge < -0.3 is 15.0 Å². The second-order valence-electron chi connectivity index (χ2n) is 9.05. The standard InChI is InChI=1S/C30H37N3O5S/c1-5-26(30(35)31-6-2)32(21-24-13-9-8-10-14-24)29(34)22-33(27-15-11-12-16-28(27)38-7-3)39(36,37)25-19-17-23(4)18-20-25/h8-20,26H,5-7,21-22H2,1-4H3,(H,31,35)/t26-/m0/s1. The number of nitrogens with zero attached hydrogens (tertiary/aromatic N) is 2. The molecule has 0 saturated heterocycles. The summed E-state index contributed by atoms with van der Waals surface area (Å²) in [7, 11) is -4.17. The number of hydrogen-bond acceptors (Lipinski definition) is 5. The summed E-state index contributed by atoms with van der Waals surface area (Å²) in [5.41, 5.74) is 1.99. The molecule has 0 aliphatic carbocycles. The van der Waals surface area contributed by atoms with E-state index in [2.05, 4.69) is 5.32 Å². The number of benzene rings is 3. The third-order valence-electron chi connectivity index (χ3n) is 6.25. The third-order valence-corrected chi connectivity index (χ3v) is 8.03. The van der Waals surface area contributed by atoms with E-state index >= 15 is 0 Å². The molecule has 0 saturated carbocycles. The lowest BCUT2D eigenvalue weighted by molar-refractivity contribution is -0.140. The summed E-state index contributed by atoms with van der Waals surface area (Å²) in [5.74, 6) is -0.445. The van der Waals surface area contributed by atoms with Crippen LogP contribution >= 0.6 is 0 Å². The number of ether oxygens (including phenoxy) is 1. The zero-order valence-corrected chi connectivity index (χ0v) is 23.8. The number of hydrogen-bond donors (Lipinski definition) is 1. The van der Waals surface area contributed by atoms with Gasteiger partial charge in [0.2, 0.25) is 11.8 Å². The van der Waals surface area contributed by atoms with Gasteiger partial charge in [0, 0.05) is 13.1 Å². The van der Waals surface area contributed by atoms with Gasteiger partial charge in [-0.2, -0.15) is 0 Å². The first-order chi connectivity index (χ1) is 18.7. The van der Waals surface area contributed by atoms with Crippen molar-refractivity contribution in [1.82, 2.24) is 10.2 Å². The van der Waals surface area contributed by atoms with Crippen LogP contribution in [0.5, 0.6) is 5.75 Å². The van der Waals surface area contributed by atoms with Gasteiger partial charge >= 0.3 is 0 Å². The number of sulfonamides is 1. The molecule has 0 radical (unpaired) electrons. The minimum atomic E-state index is -4.17. The summed E-state index contributed by atoms with van der Waals surface area (Å²) in [4.78, 5) is 28.6. The lowest BCUT2D eigenvalue weighted by Gasteiger charge is -2.33. The molecule has 39 heavy (non-hydrogen) atoms. The highest BCUT2D eigenvalue weighted by atomic mass is 32.2. The van der Waals surface area contributed by atoms with Gasteiger partial charge in [-0.15, -0.1) is 0 Å². The van der Waals surface area contributed by atoms with Gasteiger partial charge in [0.15, 0.2) is 0 Å². The molecular formula is C30H37N3O5S. The molecule has 0 aliphatic rings. The molecule has 3 rings (SSSR count). The maximum Gasteiger partial charge on any atom is 0.264 e. The van der Waals surface area contributed by atoms with Crippen LogP contribution in [0.2, 0.25) is 0 Å². The maximum absolute atomic E-state index is 14.0. The largest absolute Gasteiger partial charge is 0.492 e. The molecule has 8 nitrogen and oxygen atoms in total. The Hall–Kier alpha value is -3.85. The van der Waals surface area contributed by atoms with Crippen LogP contribution in [0, 0.1) is 6.92 Å². The molecule has 0 unspecified atom stereocenters. The van der Waals surface area contributed by atoms with E-state index in [1.807, 2.05) is 51.1 Å². The lowest BCUT2D eigenvalue weighted by Crippen LogP contribution is -2.52. The quantitative estimate of drug-likeness (QED) is 0.337. The van der Waals surface area contributed by atoms with Gasteiger partial charge in [-0.05, 0) is 57.0 Å². The Labute approximate surface area is 231 Å². The van der Waals surface area contributed by atoms with E-state index in [4.69, 9.17) is 4.74 Å². The van der Waals surface area contributed by atoms with Crippen LogP contribution < -0.4 is 14.4 Å². The van der Waals surface area contributed by atoms with Crippen LogP contribution in [0.3, 0.4) is 0 Å². The van der Waals surface area contributed by atoms with Gasteiger partial charge in [-0.1, -0.05) is 67.1 Å². The normalized spacial score (nSPS) is 11.9. The topological polar surface area (TPSA) is 96.0 Å². The molecule has 3 aromatic rings. The van der Waals surface area contributed by atoms with Crippen molar-refractivity contribution in [1.29, 1.82) is 0 Å². The van der Waals surface area contributed by atoms with Gasteiger partial charge in [-0.3, -0.25) is 13.9 Å². The van der Waals surface area contributed by atoms with Crippen LogP contribution in [-0.2, 0) is 26.2 Å². The summed E-state index contributed by atoms with van der Waals surface area (Å²) >= 11 is 0. The summed E-state index contributed by atoms with van der Waals surface area (Å²) in [6.45, 7) is 7.70. The number of amides is 2. The number of aryl methyl sites for hydroxylation is 1. The Morgan fingerprint density at radius 3 is 2.15 bits per heavy atom. The second kappa shape index (κ2) is 13.8. The molecule has 0 aliphatic heterocycles. The zero-order chi connectivity index (χ0) is 28.4. The number of likely N-dealkylation sites (N-methyl/N-ethyl adjacent to an activating group) is 1. The summed E-state index contributed by atoms with van der Waals surface area (Å²) in [6, 6.07) is 21.8. The maximum atomic E-state index is 14.0. The van der Waals surface area contributed by atoms with Crippen molar-refractivity contribution in [2.45, 2.75) is 51.6 Å². The summed E-state index contributed by atoms with van der Waals surface area (Å²) in [5, 5.41) is 2.81. The van der Waals surface area contributed by atoms with Crippen LogP contribution in [0.15, 0.2) is 83.8 Å². The van der Waals surface area contributed by atoms with Crippen molar-refractivity contribution in [3.63, 3.8) is 0 Å². The van der Waals surface area contributed by atoms with E-state index < -0.39 is 28.5 Å². The fraction of sp³-hybridized carbons (Fsp3) is 0.333. The average Bonchev–Trinajstić information content (AvgIpc) is 2.93. The van der Waals surface area contributed by atoms with Gasteiger partial charge in [0.05, 0.1) is 17.2 Å². The molecule has 0 bridgehead atoms. The summed E-state index contributed by atoms with van der Waals surface area (Å²) in [6.07, 6.45) is 0.366. The van der Waals surface area contributed by atoms with Crippen molar-refractivity contribution in [3.8, 4) is 5.75 Å². The van der Waals surface area contributed by atoms with Gasteiger partial charge in [0.1, 0.15) is 18.3 Å². The van der Waals surface area contributed by atoms with E-state index in [-0.39, 0.29) is 23.0 Å². The SMILES string of the molecule is CCNC(=O)[C@H](CC)N(Cc1ccccc1)C(=O)CN(c1ccccc1OCC)S(=O)(=O)c1ccc(C)cc1. The zero-order valence-electron chi connectivity index (χ0n) is 23.0. The molecule has 208 valence electrons. The first kappa shape index (κ1) is 29.7. The highest BCUT2D eigenvalue weighted by Crippen LogP contribution is 2.33. The second-order valence-corrected chi connectivity index (χ2v) is 10.9. The number of para-hydroxylation sites is 2. The molecule has 0 heterocycles. The van der Waals surface area contributed by atoms with Crippen LogP contribution in [0.25, 0.3) is 0 Å². The van der Waals surface area contributed by atoms with Crippen molar-refractivity contribution in [2.75, 3.05) is 24.0 Å². The van der Waals surface area contributed by atoms with E-state index in [0.717, 1.165) is 15.4 Å². The van der Waals surface area contributed by atoms with Crippen LogP contribution in [-0.4, -0.2) is 50.9 Å². The molecule has 1 N–H and O–H groups in total. The van der Waals surface area contributed by atoms with E-state index in [9.17, 15) is 18.0 Å². The number of carbonyl (C=O) groups excluding carboxylic acids is 2. The van der Waals surface area contributed by atoms with Crippen molar-refractivity contribution >= 4 is 27.5 Å². The molecule has 0 aromatic heterocycles. The predicted molar refractivity (Wildman–Crippen MR) is 153 cm³/mol. The Morgan fingerprint density at radius 2 is 1.54 bits per heavy atom. The predicted octanol–water partition coefficient (Wildman–Crippen LogP) is 4.53. The minimum Gasteiger partial charge on any atom is -0.492 e. The Kier molecular flexibility index (Phi) is 10.5. The van der Waals surface area contributed by atoms with E-state index in [1.54, 1.807) is 43.3 Å². The molecule has 1 atom stereocenters. The first-order valence-corrected chi connectivity index (χ1v) is 14.6. The highest BCUT2D eigenvalue weighted by Gasteiger charge is 2.34. The van der Waals surface area contributed by atoms with Gasteiger partial charge in [0.25, 0.3) is 10.0 Å². The average molecular weight is 552 g/mol. The number of nitrogens with one attached hydrogen (secondary N) is 1. The van der Waals surface area contributed by atoms with Crippen molar-refractivity contribution in [3.05, 3.63) is 90.0 Å². The Morgan fingerprint density at radius 1 is 0.897 bits per heavy atom. The van der Waals surface area contributed by atoms with Crippen molar-refractivity contribution < 1.29 is 22.7 Å². The molecule has 2 amide bonds. The Balaban J connectivity index is 2.10. The third kappa shape index (κ3) is 7.38. The number of anilines is 1. The summed E-state index contributed by atoms with van der Waals surface area (Å²) < 4.78 is 34.9. The monoisotopic (exact) mass is 551 g/mol. The molecule has 0 spiro atoms. The molecular weight excluding hydrogens is 514 g/mol. The molecule has 9 heteroatoms. The fourth-order valence-corrected chi connectivity index (χ4v) is 5.71.